The molecule has 1 N–H and O–H groups in total. The molecule has 6 heteroatoms. The Kier molecular flexibility index (Phi) is 5.06. The van der Waals surface area contributed by atoms with Crippen molar-refractivity contribution in [1.82, 2.24) is 10.2 Å². The van der Waals surface area contributed by atoms with Gasteiger partial charge in [0.1, 0.15) is 11.4 Å². The third-order valence-electron chi connectivity index (χ3n) is 3.35. The molecular formula is C16H18FN3O2. The SMILES string of the molecule is CN(C)C(CNC(=O)c1ccc[n+]([O-])c1)c1cccc(F)c1. The number of aromatic nitrogens is 1. The zero-order valence-corrected chi connectivity index (χ0v) is 12.5. The first-order chi connectivity index (χ1) is 10.5. The Morgan fingerprint density at radius 3 is 2.77 bits per heavy atom. The normalized spacial score (nSPS) is 12.2. The molecule has 1 aromatic heterocycles. The monoisotopic (exact) mass is 303 g/mol. The van der Waals surface area contributed by atoms with Crippen LogP contribution in [0.4, 0.5) is 4.39 Å². The van der Waals surface area contributed by atoms with Gasteiger partial charge in [0.25, 0.3) is 5.91 Å². The van der Waals surface area contributed by atoms with E-state index in [1.165, 1.54) is 30.6 Å². The molecule has 0 saturated heterocycles. The molecular weight excluding hydrogens is 285 g/mol. The Hall–Kier alpha value is -2.47. The molecule has 22 heavy (non-hydrogen) atoms. The molecule has 0 saturated carbocycles. The standard InChI is InChI=1S/C16H18FN3O2/c1-19(2)15(12-5-3-7-14(17)9-12)10-18-16(21)13-6-4-8-20(22)11-13/h3-9,11,15H,10H2,1-2H3,(H,18,21). The number of hydrogen-bond acceptors (Lipinski definition) is 3. The van der Waals surface area contributed by atoms with Gasteiger partial charge in [-0.15, -0.1) is 0 Å². The van der Waals surface area contributed by atoms with Gasteiger partial charge in [0.05, 0.1) is 6.04 Å². The molecule has 0 aliphatic heterocycles. The lowest BCUT2D eigenvalue weighted by Crippen LogP contribution is -2.36. The molecule has 1 amide bonds. The smallest absolute Gasteiger partial charge is 0.257 e. The Balaban J connectivity index is 2.08. The summed E-state index contributed by atoms with van der Waals surface area (Å²) < 4.78 is 13.9. The number of amides is 1. The number of hydrogen-bond donors (Lipinski definition) is 1. The minimum atomic E-state index is -0.339. The van der Waals surface area contributed by atoms with Gasteiger partial charge in [0.15, 0.2) is 12.4 Å². The van der Waals surface area contributed by atoms with Crippen LogP contribution < -0.4 is 10.0 Å². The van der Waals surface area contributed by atoms with Crippen molar-refractivity contribution < 1.29 is 13.9 Å². The van der Waals surface area contributed by atoms with Crippen LogP contribution in [0.5, 0.6) is 0 Å². The zero-order chi connectivity index (χ0) is 16.1. The molecule has 1 unspecified atom stereocenters. The number of carbonyl (C=O) groups excluding carboxylic acids is 1. The van der Waals surface area contributed by atoms with Crippen molar-refractivity contribution >= 4 is 5.91 Å². The molecule has 1 atom stereocenters. The Labute approximate surface area is 128 Å². The van der Waals surface area contributed by atoms with Crippen LogP contribution in [0.1, 0.15) is 22.0 Å². The molecule has 0 fully saturated rings. The number of likely N-dealkylation sites (N-methyl/N-ethyl adjacent to an activating group) is 1. The Morgan fingerprint density at radius 2 is 2.14 bits per heavy atom. The maximum absolute atomic E-state index is 13.4. The van der Waals surface area contributed by atoms with E-state index in [1.807, 2.05) is 25.1 Å². The summed E-state index contributed by atoms with van der Waals surface area (Å²) in [5.74, 6) is -0.653. The molecule has 2 aromatic rings. The molecule has 0 bridgehead atoms. The summed E-state index contributed by atoms with van der Waals surface area (Å²) >= 11 is 0. The third kappa shape index (κ3) is 4.02. The second-order valence-electron chi connectivity index (χ2n) is 5.20. The predicted octanol–water partition coefficient (Wildman–Crippen LogP) is 1.49. The van der Waals surface area contributed by atoms with Crippen LogP contribution in [-0.4, -0.2) is 31.4 Å². The van der Waals surface area contributed by atoms with Gasteiger partial charge >= 0.3 is 0 Å². The highest BCUT2D eigenvalue weighted by molar-refractivity contribution is 5.93. The highest BCUT2D eigenvalue weighted by Gasteiger charge is 2.17. The maximum atomic E-state index is 13.4. The third-order valence-corrected chi connectivity index (χ3v) is 3.35. The molecule has 5 nitrogen and oxygen atoms in total. The molecule has 1 aromatic carbocycles. The fourth-order valence-corrected chi connectivity index (χ4v) is 2.19. The Morgan fingerprint density at radius 1 is 1.36 bits per heavy atom. The van der Waals surface area contributed by atoms with E-state index < -0.39 is 0 Å². The van der Waals surface area contributed by atoms with Crippen LogP contribution in [0.25, 0.3) is 0 Å². The number of rotatable bonds is 5. The van der Waals surface area contributed by atoms with Crippen molar-refractivity contribution in [1.29, 1.82) is 0 Å². The highest BCUT2D eigenvalue weighted by atomic mass is 19.1. The van der Waals surface area contributed by atoms with Crippen molar-refractivity contribution in [3.8, 4) is 0 Å². The average molecular weight is 303 g/mol. The molecule has 0 spiro atoms. The first-order valence-electron chi connectivity index (χ1n) is 6.86. The van der Waals surface area contributed by atoms with E-state index in [1.54, 1.807) is 12.1 Å². The second kappa shape index (κ2) is 7.00. The summed E-state index contributed by atoms with van der Waals surface area (Å²) in [5.41, 5.74) is 1.06. The number of halogens is 1. The van der Waals surface area contributed by atoms with E-state index in [0.717, 1.165) is 5.56 Å². The van der Waals surface area contributed by atoms with Gasteiger partial charge in [0.2, 0.25) is 0 Å². The van der Waals surface area contributed by atoms with E-state index in [4.69, 9.17) is 0 Å². The largest absolute Gasteiger partial charge is 0.619 e. The van der Waals surface area contributed by atoms with Crippen molar-refractivity contribution in [2.75, 3.05) is 20.6 Å². The van der Waals surface area contributed by atoms with Crippen LogP contribution in [0.3, 0.4) is 0 Å². The Bertz CT molecular complexity index is 661. The molecule has 0 radical (unpaired) electrons. The van der Waals surface area contributed by atoms with E-state index in [2.05, 4.69) is 5.32 Å². The summed E-state index contributed by atoms with van der Waals surface area (Å²) in [4.78, 5) is 14.0. The van der Waals surface area contributed by atoms with Gasteiger partial charge in [-0.2, -0.15) is 4.73 Å². The minimum Gasteiger partial charge on any atom is -0.619 e. The van der Waals surface area contributed by atoms with Crippen LogP contribution >= 0.6 is 0 Å². The van der Waals surface area contributed by atoms with Gasteiger partial charge < -0.3 is 15.4 Å². The number of pyridine rings is 1. The quantitative estimate of drug-likeness (QED) is 0.672. The first kappa shape index (κ1) is 15.9. The fraction of sp³-hybridized carbons (Fsp3) is 0.250. The number of nitrogens with zero attached hydrogens (tertiary/aromatic N) is 2. The minimum absolute atomic E-state index is 0.164. The van der Waals surface area contributed by atoms with Gasteiger partial charge in [-0.3, -0.25) is 4.79 Å². The molecule has 2 rings (SSSR count). The summed E-state index contributed by atoms with van der Waals surface area (Å²) in [6.07, 6.45) is 2.52. The van der Waals surface area contributed by atoms with Gasteiger partial charge in [0, 0.05) is 12.6 Å². The van der Waals surface area contributed by atoms with Gasteiger partial charge in [-0.05, 0) is 37.9 Å². The van der Waals surface area contributed by atoms with Crippen LogP contribution in [0.15, 0.2) is 48.8 Å². The van der Waals surface area contributed by atoms with E-state index >= 15 is 0 Å². The number of nitrogens with one attached hydrogen (secondary N) is 1. The van der Waals surface area contributed by atoms with E-state index in [0.29, 0.717) is 11.3 Å². The fourth-order valence-electron chi connectivity index (χ4n) is 2.19. The zero-order valence-electron chi connectivity index (χ0n) is 12.5. The molecule has 0 aliphatic carbocycles. The summed E-state index contributed by atoms with van der Waals surface area (Å²) in [7, 11) is 3.71. The summed E-state index contributed by atoms with van der Waals surface area (Å²) in [6, 6.07) is 9.20. The lowest BCUT2D eigenvalue weighted by Gasteiger charge is -2.25. The van der Waals surface area contributed by atoms with Gasteiger partial charge in [-0.1, -0.05) is 12.1 Å². The lowest BCUT2D eigenvalue weighted by atomic mass is 10.1. The van der Waals surface area contributed by atoms with Crippen LogP contribution in [0, 0.1) is 11.0 Å². The molecule has 1 heterocycles. The highest BCUT2D eigenvalue weighted by Crippen LogP contribution is 2.18. The lowest BCUT2D eigenvalue weighted by molar-refractivity contribution is -0.605. The van der Waals surface area contributed by atoms with Crippen molar-refractivity contribution in [3.05, 3.63) is 70.9 Å². The van der Waals surface area contributed by atoms with Crippen molar-refractivity contribution in [2.45, 2.75) is 6.04 Å². The van der Waals surface area contributed by atoms with Gasteiger partial charge in [-0.25, -0.2) is 4.39 Å². The average Bonchev–Trinajstić information content (AvgIpc) is 2.47. The van der Waals surface area contributed by atoms with Crippen molar-refractivity contribution in [2.24, 2.45) is 0 Å². The molecule has 116 valence electrons. The number of carbonyl (C=O) groups is 1. The summed E-state index contributed by atoms with van der Waals surface area (Å²) in [5, 5.41) is 14.0. The van der Waals surface area contributed by atoms with Crippen LogP contribution in [-0.2, 0) is 0 Å². The van der Waals surface area contributed by atoms with Crippen LogP contribution in [0.2, 0.25) is 0 Å². The maximum Gasteiger partial charge on any atom is 0.257 e. The summed E-state index contributed by atoms with van der Waals surface area (Å²) in [6.45, 7) is 0.309. The van der Waals surface area contributed by atoms with E-state index in [-0.39, 0.29) is 23.3 Å². The predicted molar refractivity (Wildman–Crippen MR) is 80.6 cm³/mol. The topological polar surface area (TPSA) is 59.3 Å². The van der Waals surface area contributed by atoms with E-state index in [9.17, 15) is 14.4 Å². The van der Waals surface area contributed by atoms with Crippen molar-refractivity contribution in [3.63, 3.8) is 0 Å². The first-order valence-corrected chi connectivity index (χ1v) is 6.86. The number of benzene rings is 1. The second-order valence-corrected chi connectivity index (χ2v) is 5.20. The molecule has 0 aliphatic rings.